The van der Waals surface area contributed by atoms with Crippen LogP contribution in [0.4, 0.5) is 5.69 Å². The van der Waals surface area contributed by atoms with E-state index in [-0.39, 0.29) is 11.1 Å². The molecule has 0 heterocycles. The van der Waals surface area contributed by atoms with Crippen LogP contribution in [0.25, 0.3) is 11.1 Å². The van der Waals surface area contributed by atoms with Gasteiger partial charge in [-0.2, -0.15) is 0 Å². The molecule has 0 atom stereocenters. The van der Waals surface area contributed by atoms with Crippen molar-refractivity contribution >= 4 is 5.69 Å². The van der Waals surface area contributed by atoms with Gasteiger partial charge in [0, 0.05) is 16.8 Å². The van der Waals surface area contributed by atoms with E-state index in [1.807, 2.05) is 0 Å². The molecule has 0 unspecified atom stereocenters. The summed E-state index contributed by atoms with van der Waals surface area (Å²) >= 11 is 0. The van der Waals surface area contributed by atoms with Crippen LogP contribution in [0.15, 0.2) is 48.5 Å². The van der Waals surface area contributed by atoms with Gasteiger partial charge in [-0.15, -0.1) is 0 Å². The standard InChI is InChI=1S/C21H29N/c1-16-15-18(17-11-9-8-10-12-17)13-14-19(16)22(20(2,3)4)21(5,6)7/h8-15H,1-7H3. The number of aryl methyl sites for hydroxylation is 1. The second-order valence-corrected chi connectivity index (χ2v) is 8.04. The molecule has 2 aromatic rings. The van der Waals surface area contributed by atoms with E-state index < -0.39 is 0 Å². The van der Waals surface area contributed by atoms with E-state index in [1.54, 1.807) is 0 Å². The molecule has 0 saturated carbocycles. The average Bonchev–Trinajstić information content (AvgIpc) is 2.39. The van der Waals surface area contributed by atoms with Crippen LogP contribution in [0.1, 0.15) is 47.1 Å². The summed E-state index contributed by atoms with van der Waals surface area (Å²) in [4.78, 5) is 2.52. The summed E-state index contributed by atoms with van der Waals surface area (Å²) in [6, 6.07) is 17.4. The molecule has 0 amide bonds. The van der Waals surface area contributed by atoms with Crippen LogP contribution in [-0.2, 0) is 0 Å². The highest BCUT2D eigenvalue weighted by atomic mass is 15.2. The Balaban J connectivity index is 2.49. The fourth-order valence-electron chi connectivity index (χ4n) is 3.45. The van der Waals surface area contributed by atoms with Crippen molar-refractivity contribution in [3.8, 4) is 11.1 Å². The van der Waals surface area contributed by atoms with Crippen molar-refractivity contribution in [2.45, 2.75) is 59.5 Å². The minimum atomic E-state index is 0.0806. The highest BCUT2D eigenvalue weighted by molar-refractivity contribution is 5.69. The molecule has 1 heteroatoms. The van der Waals surface area contributed by atoms with Crippen LogP contribution in [0.5, 0.6) is 0 Å². The molecular formula is C21H29N. The highest BCUT2D eigenvalue weighted by Crippen LogP contribution is 2.36. The van der Waals surface area contributed by atoms with E-state index in [4.69, 9.17) is 0 Å². The van der Waals surface area contributed by atoms with E-state index in [9.17, 15) is 0 Å². The first-order valence-corrected chi connectivity index (χ1v) is 8.07. The zero-order valence-corrected chi connectivity index (χ0v) is 15.1. The van der Waals surface area contributed by atoms with Gasteiger partial charge in [-0.25, -0.2) is 0 Å². The molecule has 1 nitrogen and oxygen atoms in total. The van der Waals surface area contributed by atoms with Crippen LogP contribution in [0.3, 0.4) is 0 Å². The van der Waals surface area contributed by atoms with Crippen molar-refractivity contribution in [3.05, 3.63) is 54.1 Å². The van der Waals surface area contributed by atoms with E-state index in [0.717, 1.165) is 0 Å². The number of hydrogen-bond donors (Lipinski definition) is 0. The SMILES string of the molecule is Cc1cc(-c2ccccc2)ccc1N(C(C)(C)C)C(C)(C)C. The Labute approximate surface area is 136 Å². The first kappa shape index (κ1) is 16.6. The Hall–Kier alpha value is -1.76. The zero-order valence-electron chi connectivity index (χ0n) is 15.1. The van der Waals surface area contributed by atoms with Crippen molar-refractivity contribution in [2.24, 2.45) is 0 Å². The third-order valence-electron chi connectivity index (χ3n) is 3.89. The van der Waals surface area contributed by atoms with Crippen LogP contribution < -0.4 is 4.90 Å². The summed E-state index contributed by atoms with van der Waals surface area (Å²) in [6.45, 7) is 15.9. The summed E-state index contributed by atoms with van der Waals surface area (Å²) in [5, 5.41) is 0. The normalized spacial score (nSPS) is 12.3. The van der Waals surface area contributed by atoms with Crippen molar-refractivity contribution in [3.63, 3.8) is 0 Å². The van der Waals surface area contributed by atoms with Gasteiger partial charge in [0.1, 0.15) is 0 Å². The minimum Gasteiger partial charge on any atom is -0.362 e. The van der Waals surface area contributed by atoms with Gasteiger partial charge >= 0.3 is 0 Å². The Morgan fingerprint density at radius 2 is 1.23 bits per heavy atom. The Morgan fingerprint density at radius 1 is 0.682 bits per heavy atom. The molecule has 2 rings (SSSR count). The largest absolute Gasteiger partial charge is 0.362 e. The molecule has 0 aliphatic heterocycles. The van der Waals surface area contributed by atoms with Crippen LogP contribution in [-0.4, -0.2) is 11.1 Å². The third kappa shape index (κ3) is 3.52. The molecule has 118 valence electrons. The van der Waals surface area contributed by atoms with E-state index in [0.29, 0.717) is 0 Å². The summed E-state index contributed by atoms with van der Waals surface area (Å²) in [6.07, 6.45) is 0. The molecule has 0 N–H and O–H groups in total. The third-order valence-corrected chi connectivity index (χ3v) is 3.89. The van der Waals surface area contributed by atoms with Crippen LogP contribution in [0, 0.1) is 6.92 Å². The second-order valence-electron chi connectivity index (χ2n) is 8.04. The summed E-state index contributed by atoms with van der Waals surface area (Å²) < 4.78 is 0. The lowest BCUT2D eigenvalue weighted by Gasteiger charge is -2.48. The molecule has 0 aliphatic rings. The van der Waals surface area contributed by atoms with Crippen molar-refractivity contribution in [1.82, 2.24) is 0 Å². The molecule has 0 bridgehead atoms. The summed E-state index contributed by atoms with van der Waals surface area (Å²) in [5.74, 6) is 0. The Morgan fingerprint density at radius 3 is 1.68 bits per heavy atom. The van der Waals surface area contributed by atoms with Crippen molar-refractivity contribution in [2.75, 3.05) is 4.90 Å². The number of benzene rings is 2. The molecule has 0 spiro atoms. The molecular weight excluding hydrogens is 266 g/mol. The molecule has 0 saturated heterocycles. The monoisotopic (exact) mass is 295 g/mol. The predicted molar refractivity (Wildman–Crippen MR) is 98.6 cm³/mol. The number of anilines is 1. The topological polar surface area (TPSA) is 3.24 Å². The molecule has 0 fully saturated rings. The maximum atomic E-state index is 2.52. The van der Waals surface area contributed by atoms with Gasteiger partial charge in [0.15, 0.2) is 0 Å². The first-order valence-electron chi connectivity index (χ1n) is 8.07. The zero-order chi connectivity index (χ0) is 16.5. The Bertz CT molecular complexity index is 613. The Kier molecular flexibility index (Phi) is 4.37. The van der Waals surface area contributed by atoms with E-state index >= 15 is 0 Å². The fraction of sp³-hybridized carbons (Fsp3) is 0.429. The quantitative estimate of drug-likeness (QED) is 0.650. The van der Waals surface area contributed by atoms with Crippen molar-refractivity contribution in [1.29, 1.82) is 0 Å². The van der Waals surface area contributed by atoms with Gasteiger partial charge in [0.05, 0.1) is 0 Å². The summed E-state index contributed by atoms with van der Waals surface area (Å²) in [7, 11) is 0. The molecule has 2 aromatic carbocycles. The molecule has 0 aromatic heterocycles. The van der Waals surface area contributed by atoms with Gasteiger partial charge in [0.25, 0.3) is 0 Å². The van der Waals surface area contributed by atoms with Gasteiger partial charge in [-0.05, 0) is 77.3 Å². The van der Waals surface area contributed by atoms with Crippen LogP contribution >= 0.6 is 0 Å². The predicted octanol–water partition coefficient (Wildman–Crippen LogP) is 6.07. The van der Waals surface area contributed by atoms with Crippen molar-refractivity contribution < 1.29 is 0 Å². The molecule has 0 aliphatic carbocycles. The average molecular weight is 295 g/mol. The molecule has 0 radical (unpaired) electrons. The number of rotatable bonds is 2. The number of nitrogens with zero attached hydrogens (tertiary/aromatic N) is 1. The van der Waals surface area contributed by atoms with E-state index in [1.165, 1.54) is 22.4 Å². The lowest BCUT2D eigenvalue weighted by Crippen LogP contribution is -2.53. The maximum absolute atomic E-state index is 2.52. The van der Waals surface area contributed by atoms with Gasteiger partial charge in [0.2, 0.25) is 0 Å². The smallest absolute Gasteiger partial charge is 0.0405 e. The van der Waals surface area contributed by atoms with Gasteiger partial charge < -0.3 is 4.90 Å². The van der Waals surface area contributed by atoms with Crippen LogP contribution in [0.2, 0.25) is 0 Å². The summed E-state index contributed by atoms with van der Waals surface area (Å²) in [5.41, 5.74) is 5.36. The lowest BCUT2D eigenvalue weighted by molar-refractivity contribution is 0.380. The number of hydrogen-bond acceptors (Lipinski definition) is 1. The van der Waals surface area contributed by atoms with E-state index in [2.05, 4.69) is 102 Å². The highest BCUT2D eigenvalue weighted by Gasteiger charge is 2.32. The van der Waals surface area contributed by atoms with Gasteiger partial charge in [-0.3, -0.25) is 0 Å². The fourth-order valence-corrected chi connectivity index (χ4v) is 3.45. The second kappa shape index (κ2) is 5.79. The minimum absolute atomic E-state index is 0.0806. The first-order chi connectivity index (χ1) is 10.1. The lowest BCUT2D eigenvalue weighted by atomic mass is 9.92. The van der Waals surface area contributed by atoms with Gasteiger partial charge in [-0.1, -0.05) is 36.4 Å². The maximum Gasteiger partial charge on any atom is 0.0405 e. The molecule has 22 heavy (non-hydrogen) atoms.